The molecule has 1 aromatic heterocycles. The van der Waals surface area contributed by atoms with Crippen LogP contribution in [0, 0.1) is 25.2 Å². The van der Waals surface area contributed by atoms with E-state index < -0.39 is 0 Å². The molecule has 154 valence electrons. The molecule has 1 aliphatic heterocycles. The van der Waals surface area contributed by atoms with Crippen LogP contribution in [0.1, 0.15) is 47.8 Å². The van der Waals surface area contributed by atoms with E-state index in [1.807, 2.05) is 0 Å². The number of oxazole rings is 1. The molecule has 1 aliphatic carbocycles. The van der Waals surface area contributed by atoms with E-state index in [-0.39, 0.29) is 0 Å². The van der Waals surface area contributed by atoms with Gasteiger partial charge in [-0.05, 0) is 58.3 Å². The van der Waals surface area contributed by atoms with Crippen LogP contribution in [0.2, 0.25) is 0 Å². The van der Waals surface area contributed by atoms with Crippen molar-refractivity contribution in [3.8, 4) is 17.2 Å². The molecule has 2 heterocycles. The molecule has 2 aliphatic rings. The van der Waals surface area contributed by atoms with Crippen molar-refractivity contribution in [3.05, 3.63) is 46.8 Å². The van der Waals surface area contributed by atoms with Gasteiger partial charge in [0.1, 0.15) is 11.6 Å². The van der Waals surface area contributed by atoms with E-state index in [0.717, 1.165) is 71.7 Å². The number of nitrogens with zero attached hydrogens (tertiary/aromatic N) is 4. The van der Waals surface area contributed by atoms with Gasteiger partial charge in [0, 0.05) is 30.6 Å². The molecule has 5 rings (SSSR count). The molecule has 1 unspecified atom stereocenters. The summed E-state index contributed by atoms with van der Waals surface area (Å²) in [5.74, 6) is 1.21. The first-order chi connectivity index (χ1) is 14.5. The second-order valence-corrected chi connectivity index (χ2v) is 9.06. The van der Waals surface area contributed by atoms with Crippen molar-refractivity contribution < 1.29 is 4.42 Å². The van der Waals surface area contributed by atoms with Crippen molar-refractivity contribution in [2.45, 2.75) is 45.1 Å². The van der Waals surface area contributed by atoms with E-state index in [4.69, 9.17) is 9.40 Å². The number of rotatable bonds is 4. The minimum Gasteiger partial charge on any atom is -0.438 e. The fraction of sp³-hybridized carbons (Fsp3) is 0.440. The molecule has 0 N–H and O–H groups in total. The molecule has 5 nitrogen and oxygen atoms in total. The van der Waals surface area contributed by atoms with Crippen LogP contribution in [-0.2, 0) is 0 Å². The van der Waals surface area contributed by atoms with Gasteiger partial charge in [-0.25, -0.2) is 4.98 Å². The summed E-state index contributed by atoms with van der Waals surface area (Å²) >= 11 is 0. The van der Waals surface area contributed by atoms with Crippen LogP contribution < -0.4 is 4.90 Å². The normalized spacial score (nSPS) is 19.1. The summed E-state index contributed by atoms with van der Waals surface area (Å²) in [6, 6.07) is 11.5. The predicted molar refractivity (Wildman–Crippen MR) is 120 cm³/mol. The van der Waals surface area contributed by atoms with Crippen LogP contribution >= 0.6 is 0 Å². The van der Waals surface area contributed by atoms with Crippen LogP contribution in [0.15, 0.2) is 28.7 Å². The molecule has 3 aromatic rings. The molecule has 30 heavy (non-hydrogen) atoms. The number of aryl methyl sites for hydroxylation is 1. The molecule has 1 saturated carbocycles. The van der Waals surface area contributed by atoms with E-state index in [1.54, 1.807) is 0 Å². The Morgan fingerprint density at radius 2 is 2.00 bits per heavy atom. The summed E-state index contributed by atoms with van der Waals surface area (Å²) in [5, 5.41) is 10.0. The van der Waals surface area contributed by atoms with Crippen molar-refractivity contribution in [2.24, 2.45) is 0 Å². The lowest BCUT2D eigenvalue weighted by atomic mass is 9.92. The van der Waals surface area contributed by atoms with Crippen LogP contribution in [0.25, 0.3) is 22.2 Å². The summed E-state index contributed by atoms with van der Waals surface area (Å²) in [6.07, 6.45) is 3.37. The van der Waals surface area contributed by atoms with Gasteiger partial charge >= 0.3 is 0 Å². The maximum atomic E-state index is 10.0. The first-order valence-corrected chi connectivity index (χ1v) is 10.8. The lowest BCUT2D eigenvalue weighted by molar-refractivity contribution is 0.315. The highest BCUT2D eigenvalue weighted by atomic mass is 16.4. The van der Waals surface area contributed by atoms with Crippen molar-refractivity contribution in [1.82, 2.24) is 9.88 Å². The van der Waals surface area contributed by atoms with Crippen LogP contribution in [0.3, 0.4) is 0 Å². The molecular formula is C25H28N4O. The maximum Gasteiger partial charge on any atom is 0.198 e. The molecule has 1 saturated heterocycles. The lowest BCUT2D eigenvalue weighted by Crippen LogP contribution is -2.31. The van der Waals surface area contributed by atoms with E-state index in [2.05, 4.69) is 68.1 Å². The monoisotopic (exact) mass is 400 g/mol. The van der Waals surface area contributed by atoms with Gasteiger partial charge in [0.15, 0.2) is 11.5 Å². The Kier molecular flexibility index (Phi) is 4.56. The number of likely N-dealkylation sites (N-methyl/N-ethyl adjacent to an activating group) is 1. The molecular weight excluding hydrogens is 372 g/mol. The Morgan fingerprint density at radius 1 is 1.20 bits per heavy atom. The second-order valence-electron chi connectivity index (χ2n) is 9.06. The molecule has 2 aromatic carbocycles. The SMILES string of the molecule is Cc1cccc(-c2c(C)c(C#N)c3nc(C4CC4)oc3c2N2CCC(N(C)C)C2)c1. The van der Waals surface area contributed by atoms with Gasteiger partial charge in [-0.15, -0.1) is 0 Å². The lowest BCUT2D eigenvalue weighted by Gasteiger charge is -2.26. The summed E-state index contributed by atoms with van der Waals surface area (Å²) in [4.78, 5) is 9.57. The maximum absolute atomic E-state index is 10.0. The number of anilines is 1. The average molecular weight is 401 g/mol. The van der Waals surface area contributed by atoms with E-state index >= 15 is 0 Å². The predicted octanol–water partition coefficient (Wildman–Crippen LogP) is 5.00. The van der Waals surface area contributed by atoms with Gasteiger partial charge in [0.2, 0.25) is 0 Å². The highest BCUT2D eigenvalue weighted by molar-refractivity contribution is 6.02. The quantitative estimate of drug-likeness (QED) is 0.617. The first kappa shape index (κ1) is 19.1. The second kappa shape index (κ2) is 7.14. The Balaban J connectivity index is 1.80. The van der Waals surface area contributed by atoms with Crippen LogP contribution in [0.5, 0.6) is 0 Å². The summed E-state index contributed by atoms with van der Waals surface area (Å²) in [7, 11) is 4.30. The molecule has 2 fully saturated rings. The fourth-order valence-electron chi connectivity index (χ4n) is 4.72. The zero-order valence-electron chi connectivity index (χ0n) is 18.2. The number of fused-ring (bicyclic) bond motifs is 1. The molecule has 5 heteroatoms. The number of hydrogen-bond acceptors (Lipinski definition) is 5. The van der Waals surface area contributed by atoms with Gasteiger partial charge in [-0.3, -0.25) is 0 Å². The van der Waals surface area contributed by atoms with Crippen LogP contribution in [-0.4, -0.2) is 43.1 Å². The summed E-state index contributed by atoms with van der Waals surface area (Å²) < 4.78 is 6.40. The zero-order valence-corrected chi connectivity index (χ0v) is 18.2. The van der Waals surface area contributed by atoms with Gasteiger partial charge in [0.05, 0.1) is 11.3 Å². The fourth-order valence-corrected chi connectivity index (χ4v) is 4.72. The summed E-state index contributed by atoms with van der Waals surface area (Å²) in [6.45, 7) is 6.09. The molecule has 1 atom stereocenters. The van der Waals surface area contributed by atoms with Gasteiger partial charge < -0.3 is 14.2 Å². The Bertz CT molecular complexity index is 1170. The third-order valence-corrected chi connectivity index (χ3v) is 6.64. The Morgan fingerprint density at radius 3 is 2.63 bits per heavy atom. The number of hydrogen-bond donors (Lipinski definition) is 0. The molecule has 0 amide bonds. The molecule has 0 spiro atoms. The largest absolute Gasteiger partial charge is 0.438 e. The Labute approximate surface area is 177 Å². The van der Waals surface area contributed by atoms with Crippen molar-refractivity contribution in [3.63, 3.8) is 0 Å². The van der Waals surface area contributed by atoms with Crippen molar-refractivity contribution >= 4 is 16.8 Å². The first-order valence-electron chi connectivity index (χ1n) is 10.8. The van der Waals surface area contributed by atoms with Crippen LogP contribution in [0.4, 0.5) is 5.69 Å². The van der Waals surface area contributed by atoms with Crippen molar-refractivity contribution in [1.29, 1.82) is 5.26 Å². The summed E-state index contributed by atoms with van der Waals surface area (Å²) in [5.41, 5.74) is 7.72. The average Bonchev–Trinajstić information content (AvgIpc) is 3.28. The highest BCUT2D eigenvalue weighted by Crippen LogP contribution is 2.47. The number of aromatic nitrogens is 1. The van der Waals surface area contributed by atoms with Gasteiger partial charge in [0.25, 0.3) is 0 Å². The highest BCUT2D eigenvalue weighted by Gasteiger charge is 2.34. The third kappa shape index (κ3) is 3.07. The standard InChI is InChI=1S/C25H28N4O/c1-15-6-5-7-18(12-15)21-16(2)20(13-26)22-24(30-25(27-22)17-8-9-17)23(21)29-11-10-19(14-29)28(3)4/h5-7,12,17,19H,8-11,14H2,1-4H3. The topological polar surface area (TPSA) is 56.3 Å². The van der Waals surface area contributed by atoms with Gasteiger partial charge in [-0.2, -0.15) is 5.26 Å². The minimum atomic E-state index is 0.410. The Hall–Kier alpha value is -2.84. The third-order valence-electron chi connectivity index (χ3n) is 6.64. The zero-order chi connectivity index (χ0) is 21.0. The minimum absolute atomic E-state index is 0.410. The van der Waals surface area contributed by atoms with Crippen molar-refractivity contribution in [2.75, 3.05) is 32.1 Å². The van der Waals surface area contributed by atoms with Gasteiger partial charge in [-0.1, -0.05) is 29.8 Å². The smallest absolute Gasteiger partial charge is 0.198 e. The van der Waals surface area contributed by atoms with E-state index in [9.17, 15) is 5.26 Å². The number of nitriles is 1. The molecule has 0 radical (unpaired) electrons. The number of benzene rings is 2. The van der Waals surface area contributed by atoms with E-state index in [1.165, 1.54) is 5.56 Å². The van der Waals surface area contributed by atoms with E-state index in [0.29, 0.717) is 17.5 Å². The molecule has 0 bridgehead atoms.